The van der Waals surface area contributed by atoms with Crippen molar-refractivity contribution in [3.8, 4) is 5.75 Å². The molecule has 1 heterocycles. The SMILES string of the molecule is CCCOc1ccc([C@@H](O)[C@@H](C[NH+]2CCOCC2)c2ccccc2)cc1. The molecule has 1 aliphatic rings. The molecule has 1 saturated heterocycles. The van der Waals surface area contributed by atoms with Crippen LogP contribution in [-0.4, -0.2) is 44.6 Å². The first-order valence-corrected chi connectivity index (χ1v) is 9.65. The van der Waals surface area contributed by atoms with Crippen LogP contribution in [0.1, 0.15) is 36.5 Å². The minimum absolute atomic E-state index is 0.0618. The first-order chi connectivity index (χ1) is 12.8. The Kier molecular flexibility index (Phi) is 7.06. The Morgan fingerprint density at radius 2 is 1.69 bits per heavy atom. The van der Waals surface area contributed by atoms with Crippen molar-refractivity contribution >= 4 is 0 Å². The summed E-state index contributed by atoms with van der Waals surface area (Å²) in [4.78, 5) is 1.49. The summed E-state index contributed by atoms with van der Waals surface area (Å²) in [5, 5.41) is 11.1. The largest absolute Gasteiger partial charge is 0.494 e. The summed E-state index contributed by atoms with van der Waals surface area (Å²) >= 11 is 0. The van der Waals surface area contributed by atoms with E-state index in [1.165, 1.54) is 10.5 Å². The lowest BCUT2D eigenvalue weighted by Gasteiger charge is -2.30. The van der Waals surface area contributed by atoms with Crippen molar-refractivity contribution in [2.24, 2.45) is 0 Å². The van der Waals surface area contributed by atoms with Gasteiger partial charge in [0.25, 0.3) is 0 Å². The zero-order chi connectivity index (χ0) is 18.2. The van der Waals surface area contributed by atoms with Gasteiger partial charge in [-0.2, -0.15) is 0 Å². The number of benzene rings is 2. The van der Waals surface area contributed by atoms with E-state index in [-0.39, 0.29) is 5.92 Å². The highest BCUT2D eigenvalue weighted by Gasteiger charge is 2.28. The minimum atomic E-state index is -0.534. The molecule has 0 bridgehead atoms. The molecule has 4 heteroatoms. The number of aliphatic hydroxyl groups excluding tert-OH is 1. The third-order valence-electron chi connectivity index (χ3n) is 5.01. The summed E-state index contributed by atoms with van der Waals surface area (Å²) in [5.74, 6) is 0.921. The number of rotatable bonds is 8. The van der Waals surface area contributed by atoms with Gasteiger partial charge < -0.3 is 19.5 Å². The number of hydrogen-bond donors (Lipinski definition) is 2. The maximum Gasteiger partial charge on any atom is 0.119 e. The van der Waals surface area contributed by atoms with E-state index in [9.17, 15) is 5.11 Å². The predicted octanol–water partition coefficient (Wildman–Crippen LogP) is 2.21. The van der Waals surface area contributed by atoms with Crippen molar-refractivity contribution in [3.05, 3.63) is 65.7 Å². The van der Waals surface area contributed by atoms with Gasteiger partial charge in [0.1, 0.15) is 18.8 Å². The Bertz CT molecular complexity index is 638. The highest BCUT2D eigenvalue weighted by molar-refractivity contribution is 5.31. The molecule has 0 aliphatic carbocycles. The van der Waals surface area contributed by atoms with E-state index in [1.807, 2.05) is 42.5 Å². The van der Waals surface area contributed by atoms with Crippen molar-refractivity contribution in [3.63, 3.8) is 0 Å². The van der Waals surface area contributed by atoms with Crippen LogP contribution in [0, 0.1) is 0 Å². The van der Waals surface area contributed by atoms with Gasteiger partial charge in [-0.15, -0.1) is 0 Å². The summed E-state index contributed by atoms with van der Waals surface area (Å²) in [6, 6.07) is 18.2. The van der Waals surface area contributed by atoms with Crippen LogP contribution in [0.3, 0.4) is 0 Å². The maximum atomic E-state index is 11.1. The monoisotopic (exact) mass is 356 g/mol. The van der Waals surface area contributed by atoms with Gasteiger partial charge >= 0.3 is 0 Å². The first-order valence-electron chi connectivity index (χ1n) is 9.65. The van der Waals surface area contributed by atoms with Gasteiger partial charge in [0.05, 0.1) is 38.4 Å². The van der Waals surface area contributed by atoms with Crippen molar-refractivity contribution in [1.82, 2.24) is 0 Å². The number of morpholine rings is 1. The Morgan fingerprint density at radius 3 is 2.35 bits per heavy atom. The van der Waals surface area contributed by atoms with Gasteiger partial charge in [-0.05, 0) is 29.7 Å². The molecule has 140 valence electrons. The van der Waals surface area contributed by atoms with Gasteiger partial charge in [0.2, 0.25) is 0 Å². The van der Waals surface area contributed by atoms with Crippen LogP contribution in [0.4, 0.5) is 0 Å². The molecule has 1 fully saturated rings. The highest BCUT2D eigenvalue weighted by Crippen LogP contribution is 2.31. The lowest BCUT2D eigenvalue weighted by atomic mass is 9.88. The van der Waals surface area contributed by atoms with Gasteiger partial charge in [-0.25, -0.2) is 0 Å². The number of nitrogens with one attached hydrogen (secondary N) is 1. The van der Waals surface area contributed by atoms with Gasteiger partial charge in [0, 0.05) is 0 Å². The molecule has 2 aromatic carbocycles. The fourth-order valence-corrected chi connectivity index (χ4v) is 3.50. The van der Waals surface area contributed by atoms with Crippen LogP contribution in [0.25, 0.3) is 0 Å². The van der Waals surface area contributed by atoms with Crippen LogP contribution in [0.15, 0.2) is 54.6 Å². The zero-order valence-corrected chi connectivity index (χ0v) is 15.6. The molecule has 0 spiro atoms. The van der Waals surface area contributed by atoms with Crippen LogP contribution in [0.2, 0.25) is 0 Å². The number of aliphatic hydroxyl groups is 1. The summed E-state index contributed by atoms with van der Waals surface area (Å²) < 4.78 is 11.1. The molecule has 0 radical (unpaired) electrons. The topological polar surface area (TPSA) is 43.1 Å². The fraction of sp³-hybridized carbons (Fsp3) is 0.455. The van der Waals surface area contributed by atoms with E-state index in [1.54, 1.807) is 0 Å². The molecule has 0 saturated carbocycles. The highest BCUT2D eigenvalue weighted by atomic mass is 16.5. The minimum Gasteiger partial charge on any atom is -0.494 e. The summed E-state index contributed by atoms with van der Waals surface area (Å²) in [6.45, 7) is 7.32. The first kappa shape index (κ1) is 18.9. The molecule has 0 unspecified atom stereocenters. The van der Waals surface area contributed by atoms with Gasteiger partial charge in [-0.3, -0.25) is 0 Å². The maximum absolute atomic E-state index is 11.1. The van der Waals surface area contributed by atoms with Crippen LogP contribution < -0.4 is 9.64 Å². The second kappa shape index (κ2) is 9.72. The number of quaternary nitrogens is 1. The van der Waals surface area contributed by atoms with Crippen LogP contribution >= 0.6 is 0 Å². The Labute approximate surface area is 156 Å². The quantitative estimate of drug-likeness (QED) is 0.762. The smallest absolute Gasteiger partial charge is 0.119 e. The van der Waals surface area contributed by atoms with Crippen molar-refractivity contribution < 1.29 is 19.5 Å². The van der Waals surface area contributed by atoms with E-state index >= 15 is 0 Å². The molecule has 26 heavy (non-hydrogen) atoms. The van der Waals surface area contributed by atoms with E-state index in [4.69, 9.17) is 9.47 Å². The average Bonchev–Trinajstić information content (AvgIpc) is 2.72. The molecule has 3 rings (SSSR count). The predicted molar refractivity (Wildman–Crippen MR) is 103 cm³/mol. The molecule has 2 atom stereocenters. The van der Waals surface area contributed by atoms with Crippen molar-refractivity contribution in [2.45, 2.75) is 25.4 Å². The number of hydrogen-bond acceptors (Lipinski definition) is 3. The molecule has 2 aromatic rings. The fourth-order valence-electron chi connectivity index (χ4n) is 3.50. The molecule has 2 N–H and O–H groups in total. The summed E-state index contributed by atoms with van der Waals surface area (Å²) in [5.41, 5.74) is 2.13. The Balaban J connectivity index is 1.76. The lowest BCUT2D eigenvalue weighted by Crippen LogP contribution is -3.14. The Morgan fingerprint density at radius 1 is 1.00 bits per heavy atom. The normalized spacial score (nSPS) is 17.6. The lowest BCUT2D eigenvalue weighted by molar-refractivity contribution is -0.909. The third-order valence-corrected chi connectivity index (χ3v) is 5.01. The van der Waals surface area contributed by atoms with E-state index < -0.39 is 6.10 Å². The van der Waals surface area contributed by atoms with E-state index in [0.717, 1.165) is 57.2 Å². The summed E-state index contributed by atoms with van der Waals surface area (Å²) in [6.07, 6.45) is 0.455. The molecular formula is C22H30NO3+. The molecule has 4 nitrogen and oxygen atoms in total. The van der Waals surface area contributed by atoms with Crippen molar-refractivity contribution in [1.29, 1.82) is 0 Å². The Hall–Kier alpha value is -1.88. The molecule has 0 amide bonds. The van der Waals surface area contributed by atoms with Gasteiger partial charge in [-0.1, -0.05) is 49.4 Å². The molecule has 0 aromatic heterocycles. The molecular weight excluding hydrogens is 326 g/mol. The summed E-state index contributed by atoms with van der Waals surface area (Å²) in [7, 11) is 0. The van der Waals surface area contributed by atoms with E-state index in [0.29, 0.717) is 0 Å². The van der Waals surface area contributed by atoms with Gasteiger partial charge in [0.15, 0.2) is 0 Å². The van der Waals surface area contributed by atoms with Crippen LogP contribution in [0.5, 0.6) is 5.75 Å². The second-order valence-electron chi connectivity index (χ2n) is 6.95. The average molecular weight is 356 g/mol. The van der Waals surface area contributed by atoms with E-state index in [2.05, 4.69) is 19.1 Å². The third kappa shape index (κ3) is 5.07. The zero-order valence-electron chi connectivity index (χ0n) is 15.6. The second-order valence-corrected chi connectivity index (χ2v) is 6.95. The van der Waals surface area contributed by atoms with Crippen LogP contribution in [-0.2, 0) is 4.74 Å². The number of ether oxygens (including phenoxy) is 2. The standard InChI is InChI=1S/C22H29NO3/c1-2-14-26-20-10-8-19(9-11-20)22(24)21(18-6-4-3-5-7-18)17-23-12-15-25-16-13-23/h3-11,21-22,24H,2,12-17H2,1H3/p+1/t21-,22+/m0/s1. The molecule has 1 aliphatic heterocycles. The van der Waals surface area contributed by atoms with Crippen molar-refractivity contribution in [2.75, 3.05) is 39.5 Å².